The first-order chi connectivity index (χ1) is 10.6. The van der Waals surface area contributed by atoms with E-state index in [-0.39, 0.29) is 17.1 Å². The second kappa shape index (κ2) is 12.1. The summed E-state index contributed by atoms with van der Waals surface area (Å²) < 4.78 is 5.13. The van der Waals surface area contributed by atoms with Crippen LogP contribution in [0.3, 0.4) is 0 Å². The first-order valence-corrected chi connectivity index (χ1v) is 7.14. The van der Waals surface area contributed by atoms with Gasteiger partial charge in [0.1, 0.15) is 5.75 Å². The molecule has 1 radical (unpaired) electrons. The number of hydrogen-bond acceptors (Lipinski definition) is 3. The van der Waals surface area contributed by atoms with Gasteiger partial charge in [-0.05, 0) is 38.4 Å². The molecule has 0 bridgehead atoms. The van der Waals surface area contributed by atoms with Gasteiger partial charge in [0.15, 0.2) is 34.7 Å². The van der Waals surface area contributed by atoms with Crippen LogP contribution in [0.5, 0.6) is 5.75 Å². The van der Waals surface area contributed by atoms with Gasteiger partial charge in [-0.1, -0.05) is 0 Å². The average molecular weight is 402 g/mol. The summed E-state index contributed by atoms with van der Waals surface area (Å²) in [6, 6.07) is 7.34. The number of hydrogen-bond donors (Lipinski definition) is 2. The molecular formula is C13H18CuN6OS2. The van der Waals surface area contributed by atoms with Gasteiger partial charge in [-0.3, -0.25) is 10.6 Å². The van der Waals surface area contributed by atoms with Gasteiger partial charge < -0.3 is 25.8 Å². The molecule has 0 aliphatic heterocycles. The molecule has 0 heterocycles. The predicted octanol–water partition coefficient (Wildman–Crippen LogP) is 0.302. The van der Waals surface area contributed by atoms with Crippen LogP contribution < -0.4 is 15.4 Å². The van der Waals surface area contributed by atoms with Crippen LogP contribution in [0.15, 0.2) is 34.5 Å². The molecule has 23 heavy (non-hydrogen) atoms. The van der Waals surface area contributed by atoms with Crippen molar-refractivity contribution >= 4 is 46.6 Å². The zero-order valence-corrected chi connectivity index (χ0v) is 15.5. The third-order valence-electron chi connectivity index (χ3n) is 2.42. The van der Waals surface area contributed by atoms with E-state index in [1.807, 2.05) is 24.3 Å². The second-order valence-electron chi connectivity index (χ2n) is 3.81. The molecule has 129 valence electrons. The molecule has 0 spiro atoms. The van der Waals surface area contributed by atoms with E-state index in [9.17, 15) is 0 Å². The number of ether oxygens (including phenoxy) is 1. The van der Waals surface area contributed by atoms with E-state index in [0.29, 0.717) is 15.9 Å². The van der Waals surface area contributed by atoms with Crippen molar-refractivity contribution in [2.45, 2.75) is 0 Å². The Kier molecular flexibility index (Phi) is 11.3. The van der Waals surface area contributed by atoms with E-state index in [2.05, 4.69) is 56.1 Å². The van der Waals surface area contributed by atoms with Crippen LogP contribution in [0, 0.1) is 0 Å². The molecule has 2 N–H and O–H groups in total. The maximum absolute atomic E-state index is 5.13. The Labute approximate surface area is 156 Å². The van der Waals surface area contributed by atoms with Gasteiger partial charge in [-0.25, -0.2) is 0 Å². The number of benzene rings is 1. The summed E-state index contributed by atoms with van der Waals surface area (Å²) >= 11 is 8.17. The number of nitrogens with one attached hydrogen (secondary N) is 2. The van der Waals surface area contributed by atoms with Gasteiger partial charge in [0, 0.05) is 28.8 Å². The minimum atomic E-state index is 0. The zero-order chi connectivity index (χ0) is 16.4. The minimum absolute atomic E-state index is 0. The van der Waals surface area contributed by atoms with Crippen LogP contribution >= 0.6 is 0 Å². The third kappa shape index (κ3) is 8.12. The molecule has 10 heteroatoms. The van der Waals surface area contributed by atoms with Crippen molar-refractivity contribution in [3.8, 4) is 5.75 Å². The van der Waals surface area contributed by atoms with Crippen LogP contribution in [-0.4, -0.2) is 43.4 Å². The summed E-state index contributed by atoms with van der Waals surface area (Å²) in [5, 5.41) is 14.3. The third-order valence-corrected chi connectivity index (χ3v) is 3.04. The summed E-state index contributed by atoms with van der Waals surface area (Å²) in [6.45, 7) is 0. The molecule has 7 nitrogen and oxygen atoms in total. The molecule has 1 aromatic carbocycles. The molecular weight excluding hydrogens is 384 g/mol. The Bertz CT molecular complexity index is 576. The second-order valence-corrected chi connectivity index (χ2v) is 4.65. The number of rotatable bonds is 5. The van der Waals surface area contributed by atoms with Crippen LogP contribution in [0.25, 0.3) is 10.9 Å². The molecule has 0 aliphatic carbocycles. The maximum Gasteiger partial charge on any atom is 0.186 e. The minimum Gasteiger partial charge on any atom is -0.515 e. The quantitative estimate of drug-likeness (QED) is 0.186. The first kappa shape index (κ1) is 21.6. The molecule has 0 unspecified atom stereocenters. The van der Waals surface area contributed by atoms with Crippen molar-refractivity contribution in [3.05, 3.63) is 40.7 Å². The average Bonchev–Trinajstić information content (AvgIpc) is 2.57. The van der Waals surface area contributed by atoms with Crippen molar-refractivity contribution in [3.63, 3.8) is 0 Å². The van der Waals surface area contributed by atoms with Crippen molar-refractivity contribution in [1.82, 2.24) is 10.6 Å². The molecule has 0 atom stereocenters. The summed E-state index contributed by atoms with van der Waals surface area (Å²) in [5.41, 5.74) is 9.10. The van der Waals surface area contributed by atoms with Gasteiger partial charge in [0.25, 0.3) is 0 Å². The molecule has 0 saturated heterocycles. The number of methoxy groups -OCH3 is 1. The molecule has 0 aliphatic rings. The first-order valence-electron chi connectivity index (χ1n) is 6.25. The standard InChI is InChI=1S/C13H18N6OS2.Cu/c1-14-12(21)18-16-8-11(17-19-13(22)15-2)9-4-6-10(20-3)7-5-9;/h4-8H,1-3H3,(H4,14,15,16,17,18,19,21,22);. The van der Waals surface area contributed by atoms with Crippen molar-refractivity contribution in [1.29, 1.82) is 0 Å². The van der Waals surface area contributed by atoms with Crippen molar-refractivity contribution < 1.29 is 21.8 Å². The van der Waals surface area contributed by atoms with Crippen LogP contribution in [0.4, 0.5) is 0 Å². The Morgan fingerprint density at radius 1 is 1.09 bits per heavy atom. The maximum atomic E-state index is 5.13. The zero-order valence-electron chi connectivity index (χ0n) is 12.8. The molecule has 1 rings (SSSR count). The van der Waals surface area contributed by atoms with Gasteiger partial charge >= 0.3 is 0 Å². The topological polar surface area (TPSA) is 86.2 Å². The largest absolute Gasteiger partial charge is 0.515 e. The van der Waals surface area contributed by atoms with Gasteiger partial charge in [-0.15, -0.1) is 0 Å². The number of thiol groups is 2. The SMILES string of the molecule is CNC(=[SH+])[N-]/N=C/C(=N/[N-]C(=[SH+])NC)c1ccc(OC)cc1.[Cu]. The summed E-state index contributed by atoms with van der Waals surface area (Å²) in [4.78, 5) is 0. The van der Waals surface area contributed by atoms with E-state index in [1.54, 1.807) is 21.2 Å². The smallest absolute Gasteiger partial charge is 0.186 e. The van der Waals surface area contributed by atoms with Gasteiger partial charge in [0.2, 0.25) is 0 Å². The van der Waals surface area contributed by atoms with Crippen molar-refractivity contribution in [2.75, 3.05) is 21.2 Å². The van der Waals surface area contributed by atoms with Crippen LogP contribution in [0.1, 0.15) is 5.56 Å². The van der Waals surface area contributed by atoms with Gasteiger partial charge in [-0.2, -0.15) is 0 Å². The van der Waals surface area contributed by atoms with E-state index < -0.39 is 0 Å². The molecule has 0 amide bonds. The normalized spacial score (nSPS) is 10.8. The Morgan fingerprint density at radius 3 is 2.17 bits per heavy atom. The Balaban J connectivity index is 0.00000484. The van der Waals surface area contributed by atoms with Crippen molar-refractivity contribution in [2.24, 2.45) is 10.2 Å². The van der Waals surface area contributed by atoms with Crippen LogP contribution in [-0.2, 0) is 41.5 Å². The fraction of sp³-hybridized carbons (Fsp3) is 0.231. The van der Waals surface area contributed by atoms with E-state index >= 15 is 0 Å². The van der Waals surface area contributed by atoms with E-state index in [4.69, 9.17) is 4.74 Å². The van der Waals surface area contributed by atoms with E-state index in [0.717, 1.165) is 11.3 Å². The van der Waals surface area contributed by atoms with Crippen LogP contribution in [0.2, 0.25) is 0 Å². The monoisotopic (exact) mass is 401 g/mol. The Hall–Kier alpha value is -1.42. The molecule has 1 aromatic rings. The fourth-order valence-corrected chi connectivity index (χ4v) is 1.36. The van der Waals surface area contributed by atoms with Gasteiger partial charge in [0.05, 0.1) is 12.8 Å². The summed E-state index contributed by atoms with van der Waals surface area (Å²) in [6.07, 6.45) is 1.48. The number of nitrogens with zero attached hydrogens (tertiary/aromatic N) is 4. The fourth-order valence-electron chi connectivity index (χ4n) is 1.26. The summed E-state index contributed by atoms with van der Waals surface area (Å²) in [7, 11) is 5.01. The predicted molar refractivity (Wildman–Crippen MR) is 100 cm³/mol. The van der Waals surface area contributed by atoms with E-state index in [1.165, 1.54) is 6.21 Å². The molecule has 0 saturated carbocycles. The molecule has 0 aromatic heterocycles. The Morgan fingerprint density at radius 2 is 1.65 bits per heavy atom. The molecule has 0 fully saturated rings. The summed E-state index contributed by atoms with van der Waals surface area (Å²) in [5.74, 6) is 0.750.